The van der Waals surface area contributed by atoms with Gasteiger partial charge in [-0.25, -0.2) is 4.79 Å². The van der Waals surface area contributed by atoms with E-state index >= 15 is 0 Å². The molecule has 0 atom stereocenters. The van der Waals surface area contributed by atoms with Gasteiger partial charge in [0, 0.05) is 31.4 Å². The predicted molar refractivity (Wildman–Crippen MR) is 99.3 cm³/mol. The lowest BCUT2D eigenvalue weighted by Gasteiger charge is -2.32. The lowest BCUT2D eigenvalue weighted by atomic mass is 10.0. The van der Waals surface area contributed by atoms with Crippen molar-refractivity contribution in [3.63, 3.8) is 0 Å². The summed E-state index contributed by atoms with van der Waals surface area (Å²) in [6.07, 6.45) is 1.91. The van der Waals surface area contributed by atoms with Gasteiger partial charge < -0.3 is 15.7 Å². The van der Waals surface area contributed by atoms with E-state index in [4.69, 9.17) is 5.11 Å². The molecule has 0 unspecified atom stereocenters. The normalized spacial score (nSPS) is 15.7. The first-order valence-electron chi connectivity index (χ1n) is 8.76. The van der Waals surface area contributed by atoms with Crippen molar-refractivity contribution in [3.8, 4) is 0 Å². The Labute approximate surface area is 148 Å². The predicted octanol–water partition coefficient (Wildman–Crippen LogP) is 2.97. The van der Waals surface area contributed by atoms with E-state index < -0.39 is 0 Å². The van der Waals surface area contributed by atoms with Crippen molar-refractivity contribution in [1.29, 1.82) is 0 Å². The minimum atomic E-state index is -0.135. The summed E-state index contributed by atoms with van der Waals surface area (Å²) in [4.78, 5) is 14.5. The van der Waals surface area contributed by atoms with E-state index in [1.54, 1.807) is 0 Å². The molecule has 5 heteroatoms. The van der Waals surface area contributed by atoms with Gasteiger partial charge in [-0.3, -0.25) is 4.90 Å². The molecule has 2 amide bonds. The van der Waals surface area contributed by atoms with E-state index in [-0.39, 0.29) is 18.7 Å². The van der Waals surface area contributed by atoms with Gasteiger partial charge in [-0.1, -0.05) is 42.5 Å². The van der Waals surface area contributed by atoms with Crippen molar-refractivity contribution in [3.05, 3.63) is 65.7 Å². The molecule has 0 aliphatic carbocycles. The molecule has 1 fully saturated rings. The molecule has 3 N–H and O–H groups in total. The molecule has 0 spiro atoms. The zero-order valence-electron chi connectivity index (χ0n) is 14.3. The highest BCUT2D eigenvalue weighted by atomic mass is 16.3. The number of nitrogens with zero attached hydrogens (tertiary/aromatic N) is 1. The summed E-state index contributed by atoms with van der Waals surface area (Å²) < 4.78 is 0. The first-order chi connectivity index (χ1) is 12.2. The number of hydrogen-bond donors (Lipinski definition) is 3. The van der Waals surface area contributed by atoms with Crippen LogP contribution in [-0.2, 0) is 13.2 Å². The van der Waals surface area contributed by atoms with E-state index in [9.17, 15) is 4.79 Å². The number of nitrogens with one attached hydrogen (secondary N) is 2. The number of urea groups is 1. The fraction of sp³-hybridized carbons (Fsp3) is 0.350. The van der Waals surface area contributed by atoms with Crippen molar-refractivity contribution in [1.82, 2.24) is 10.2 Å². The SMILES string of the molecule is O=C(Nc1ccccc1)NC1CCN(Cc2ccc(CO)cc2)CC1. The minimum absolute atomic E-state index is 0.0857. The highest BCUT2D eigenvalue weighted by Gasteiger charge is 2.20. The highest BCUT2D eigenvalue weighted by molar-refractivity contribution is 5.89. The van der Waals surface area contributed by atoms with Gasteiger partial charge in [-0.2, -0.15) is 0 Å². The van der Waals surface area contributed by atoms with Crippen LogP contribution in [-0.4, -0.2) is 35.2 Å². The minimum Gasteiger partial charge on any atom is -0.392 e. The summed E-state index contributed by atoms with van der Waals surface area (Å²) in [5.74, 6) is 0. The first kappa shape index (κ1) is 17.5. The number of likely N-dealkylation sites (tertiary alicyclic amines) is 1. The van der Waals surface area contributed by atoms with Crippen LogP contribution in [0.5, 0.6) is 0 Å². The number of hydrogen-bond acceptors (Lipinski definition) is 3. The van der Waals surface area contributed by atoms with Gasteiger partial charge in [-0.05, 0) is 36.1 Å². The van der Waals surface area contributed by atoms with Crippen LogP contribution in [0.25, 0.3) is 0 Å². The van der Waals surface area contributed by atoms with Gasteiger partial charge in [-0.15, -0.1) is 0 Å². The van der Waals surface area contributed by atoms with E-state index in [0.717, 1.165) is 43.7 Å². The Morgan fingerprint density at radius 1 is 1.00 bits per heavy atom. The van der Waals surface area contributed by atoms with Crippen LogP contribution in [0.3, 0.4) is 0 Å². The summed E-state index contributed by atoms with van der Waals surface area (Å²) in [7, 11) is 0. The molecule has 25 heavy (non-hydrogen) atoms. The number of rotatable bonds is 5. The standard InChI is InChI=1S/C20H25N3O2/c24-15-17-8-6-16(7-9-17)14-23-12-10-19(11-13-23)22-20(25)21-18-4-2-1-3-5-18/h1-9,19,24H,10-15H2,(H2,21,22,25). The molecule has 3 rings (SSSR count). The van der Waals surface area contributed by atoms with Crippen molar-refractivity contribution >= 4 is 11.7 Å². The molecular formula is C20H25N3O2. The van der Waals surface area contributed by atoms with Crippen molar-refractivity contribution in [2.75, 3.05) is 18.4 Å². The van der Waals surface area contributed by atoms with Gasteiger partial charge in [0.15, 0.2) is 0 Å². The molecule has 2 aromatic carbocycles. The average molecular weight is 339 g/mol. The lowest BCUT2D eigenvalue weighted by molar-refractivity contribution is 0.190. The number of amides is 2. The zero-order valence-corrected chi connectivity index (χ0v) is 14.3. The van der Waals surface area contributed by atoms with E-state index in [1.807, 2.05) is 42.5 Å². The maximum Gasteiger partial charge on any atom is 0.319 e. The van der Waals surface area contributed by atoms with E-state index in [1.165, 1.54) is 5.56 Å². The Morgan fingerprint density at radius 3 is 2.28 bits per heavy atom. The second-order valence-electron chi connectivity index (χ2n) is 6.49. The Morgan fingerprint density at radius 2 is 1.64 bits per heavy atom. The molecule has 0 aromatic heterocycles. The maximum atomic E-state index is 12.1. The molecule has 5 nitrogen and oxygen atoms in total. The number of benzene rings is 2. The van der Waals surface area contributed by atoms with Gasteiger partial charge in [0.2, 0.25) is 0 Å². The third-order valence-corrected chi connectivity index (χ3v) is 4.57. The molecule has 0 radical (unpaired) electrons. The quantitative estimate of drug-likeness (QED) is 0.785. The van der Waals surface area contributed by atoms with Crippen LogP contribution >= 0.6 is 0 Å². The third-order valence-electron chi connectivity index (χ3n) is 4.57. The summed E-state index contributed by atoms with van der Waals surface area (Å²) >= 11 is 0. The topological polar surface area (TPSA) is 64.6 Å². The van der Waals surface area contributed by atoms with E-state index in [0.29, 0.717) is 0 Å². The van der Waals surface area contributed by atoms with Crippen LogP contribution in [0, 0.1) is 0 Å². The summed E-state index contributed by atoms with van der Waals surface area (Å²) in [6.45, 7) is 2.94. The first-order valence-corrected chi connectivity index (χ1v) is 8.76. The summed E-state index contributed by atoms with van der Waals surface area (Å²) in [5, 5.41) is 15.0. The van der Waals surface area contributed by atoms with Gasteiger partial charge in [0.05, 0.1) is 6.61 Å². The molecule has 0 bridgehead atoms. The Hall–Kier alpha value is -2.37. The molecule has 1 aliphatic heterocycles. The van der Waals surface area contributed by atoms with Crippen molar-refractivity contribution in [2.24, 2.45) is 0 Å². The number of carbonyl (C=O) groups is 1. The second kappa shape index (κ2) is 8.65. The van der Waals surface area contributed by atoms with Crippen LogP contribution in [0.15, 0.2) is 54.6 Å². The van der Waals surface area contributed by atoms with Crippen LogP contribution in [0.1, 0.15) is 24.0 Å². The lowest BCUT2D eigenvalue weighted by Crippen LogP contribution is -2.45. The largest absolute Gasteiger partial charge is 0.392 e. The fourth-order valence-corrected chi connectivity index (χ4v) is 3.12. The number of anilines is 1. The Balaban J connectivity index is 1.41. The third kappa shape index (κ3) is 5.31. The smallest absolute Gasteiger partial charge is 0.319 e. The Kier molecular flexibility index (Phi) is 6.04. The second-order valence-corrected chi connectivity index (χ2v) is 6.49. The molecular weight excluding hydrogens is 314 g/mol. The van der Waals surface area contributed by atoms with Gasteiger partial charge in [0.1, 0.15) is 0 Å². The van der Waals surface area contributed by atoms with Crippen LogP contribution in [0.4, 0.5) is 10.5 Å². The van der Waals surface area contributed by atoms with Crippen LogP contribution < -0.4 is 10.6 Å². The fourth-order valence-electron chi connectivity index (χ4n) is 3.12. The number of para-hydroxylation sites is 1. The zero-order chi connectivity index (χ0) is 17.5. The molecule has 1 saturated heterocycles. The van der Waals surface area contributed by atoms with Crippen molar-refractivity contribution < 1.29 is 9.90 Å². The molecule has 2 aromatic rings. The number of piperidine rings is 1. The van der Waals surface area contributed by atoms with Gasteiger partial charge >= 0.3 is 6.03 Å². The van der Waals surface area contributed by atoms with Crippen LogP contribution in [0.2, 0.25) is 0 Å². The summed E-state index contributed by atoms with van der Waals surface area (Å²) in [5.41, 5.74) is 3.00. The number of carbonyl (C=O) groups excluding carboxylic acids is 1. The molecule has 1 heterocycles. The highest BCUT2D eigenvalue weighted by Crippen LogP contribution is 2.15. The average Bonchev–Trinajstić information content (AvgIpc) is 2.65. The number of aliphatic hydroxyl groups excluding tert-OH is 1. The molecule has 132 valence electrons. The number of aliphatic hydroxyl groups is 1. The maximum absolute atomic E-state index is 12.1. The molecule has 0 saturated carbocycles. The van der Waals surface area contributed by atoms with Crippen molar-refractivity contribution in [2.45, 2.75) is 32.0 Å². The summed E-state index contributed by atoms with van der Waals surface area (Å²) in [6, 6.07) is 17.7. The van der Waals surface area contributed by atoms with E-state index in [2.05, 4.69) is 27.7 Å². The van der Waals surface area contributed by atoms with Gasteiger partial charge in [0.25, 0.3) is 0 Å². The monoisotopic (exact) mass is 339 g/mol. The molecule has 1 aliphatic rings. The Bertz CT molecular complexity index is 665.